The zero-order valence-corrected chi connectivity index (χ0v) is 14.5. The van der Waals surface area contributed by atoms with E-state index in [-0.39, 0.29) is 0 Å². The normalized spacial score (nSPS) is 26.0. The summed E-state index contributed by atoms with van der Waals surface area (Å²) < 4.78 is 0. The summed E-state index contributed by atoms with van der Waals surface area (Å²) in [6.45, 7) is 5.58. The lowest BCUT2D eigenvalue weighted by Crippen LogP contribution is -2.48. The first-order valence-corrected chi connectivity index (χ1v) is 9.73. The van der Waals surface area contributed by atoms with Crippen LogP contribution >= 0.6 is 11.3 Å². The summed E-state index contributed by atoms with van der Waals surface area (Å²) in [6.07, 6.45) is 7.73. The number of carbonyl (C=O) groups is 1. The monoisotopic (exact) mass is 320 g/mol. The van der Waals surface area contributed by atoms with E-state index in [4.69, 9.17) is 0 Å². The topological polar surface area (TPSA) is 23.6 Å². The highest BCUT2D eigenvalue weighted by molar-refractivity contribution is 7.09. The van der Waals surface area contributed by atoms with Crippen molar-refractivity contribution in [3.8, 4) is 0 Å². The number of aryl methyl sites for hydroxylation is 1. The fourth-order valence-electron chi connectivity index (χ4n) is 4.19. The van der Waals surface area contributed by atoms with Crippen LogP contribution in [0.25, 0.3) is 0 Å². The first-order valence-electron chi connectivity index (χ1n) is 8.85. The van der Waals surface area contributed by atoms with Crippen molar-refractivity contribution in [3.05, 3.63) is 22.4 Å². The van der Waals surface area contributed by atoms with Gasteiger partial charge < -0.3 is 4.90 Å². The van der Waals surface area contributed by atoms with Gasteiger partial charge in [0.05, 0.1) is 0 Å². The quantitative estimate of drug-likeness (QED) is 0.800. The molecule has 2 aliphatic heterocycles. The van der Waals surface area contributed by atoms with E-state index >= 15 is 0 Å². The summed E-state index contributed by atoms with van der Waals surface area (Å²) in [6, 6.07) is 5.37. The molecule has 2 atom stereocenters. The van der Waals surface area contributed by atoms with E-state index in [1.165, 1.54) is 37.1 Å². The van der Waals surface area contributed by atoms with Gasteiger partial charge in [0.25, 0.3) is 0 Å². The molecule has 22 heavy (non-hydrogen) atoms. The molecule has 2 aliphatic rings. The lowest BCUT2D eigenvalue weighted by molar-refractivity contribution is -0.133. The fraction of sp³-hybridized carbons (Fsp3) is 0.722. The summed E-state index contributed by atoms with van der Waals surface area (Å²) in [4.78, 5) is 18.8. The van der Waals surface area contributed by atoms with Crippen LogP contribution < -0.4 is 0 Å². The van der Waals surface area contributed by atoms with Gasteiger partial charge in [-0.25, -0.2) is 0 Å². The van der Waals surface area contributed by atoms with E-state index in [1.54, 1.807) is 11.3 Å². The number of amides is 1. The molecule has 122 valence electrons. The summed E-state index contributed by atoms with van der Waals surface area (Å²) in [5.74, 6) is 0.391. The van der Waals surface area contributed by atoms with E-state index in [1.807, 2.05) is 0 Å². The van der Waals surface area contributed by atoms with Gasteiger partial charge in [-0.3, -0.25) is 9.69 Å². The SMILES string of the molecule is CCN1CCC[C@@H]1[C@@H]1CCCN1C(=O)CCCc1cccs1. The van der Waals surface area contributed by atoms with Crippen LogP contribution in [-0.4, -0.2) is 47.4 Å². The van der Waals surface area contributed by atoms with Crippen molar-refractivity contribution >= 4 is 17.2 Å². The third kappa shape index (κ3) is 3.54. The predicted octanol–water partition coefficient (Wildman–Crippen LogP) is 3.55. The van der Waals surface area contributed by atoms with Gasteiger partial charge >= 0.3 is 0 Å². The molecule has 0 spiro atoms. The average molecular weight is 321 g/mol. The zero-order valence-electron chi connectivity index (χ0n) is 13.7. The van der Waals surface area contributed by atoms with Crippen molar-refractivity contribution in [2.75, 3.05) is 19.6 Å². The van der Waals surface area contributed by atoms with Crippen LogP contribution in [0.4, 0.5) is 0 Å². The maximum atomic E-state index is 12.6. The highest BCUT2D eigenvalue weighted by Gasteiger charge is 2.38. The molecule has 3 nitrogen and oxygen atoms in total. The van der Waals surface area contributed by atoms with Crippen LogP contribution in [0.5, 0.6) is 0 Å². The third-order valence-corrected chi connectivity index (χ3v) is 6.21. The molecular formula is C18H28N2OS. The Balaban J connectivity index is 1.52. The second-order valence-corrected chi connectivity index (χ2v) is 7.60. The van der Waals surface area contributed by atoms with Crippen LogP contribution in [0.15, 0.2) is 17.5 Å². The van der Waals surface area contributed by atoms with Gasteiger partial charge in [-0.1, -0.05) is 13.0 Å². The number of rotatable bonds is 6. The van der Waals surface area contributed by atoms with Crippen molar-refractivity contribution in [2.24, 2.45) is 0 Å². The van der Waals surface area contributed by atoms with Crippen molar-refractivity contribution in [2.45, 2.75) is 64.0 Å². The molecule has 1 aromatic heterocycles. The summed E-state index contributed by atoms with van der Waals surface area (Å²) >= 11 is 1.80. The van der Waals surface area contributed by atoms with E-state index in [0.29, 0.717) is 24.4 Å². The van der Waals surface area contributed by atoms with Crippen molar-refractivity contribution in [3.63, 3.8) is 0 Å². The number of hydrogen-bond donors (Lipinski definition) is 0. The highest BCUT2D eigenvalue weighted by atomic mass is 32.1. The molecule has 0 aliphatic carbocycles. The number of nitrogens with zero attached hydrogens (tertiary/aromatic N) is 2. The second-order valence-electron chi connectivity index (χ2n) is 6.57. The van der Waals surface area contributed by atoms with Crippen molar-refractivity contribution in [1.29, 1.82) is 0 Å². The lowest BCUT2D eigenvalue weighted by atomic mass is 10.0. The third-order valence-electron chi connectivity index (χ3n) is 5.28. The molecule has 0 N–H and O–H groups in total. The lowest BCUT2D eigenvalue weighted by Gasteiger charge is -2.34. The van der Waals surface area contributed by atoms with Gasteiger partial charge in [-0.2, -0.15) is 0 Å². The number of carbonyl (C=O) groups excluding carboxylic acids is 1. The number of likely N-dealkylation sites (tertiary alicyclic amines) is 2. The highest BCUT2D eigenvalue weighted by Crippen LogP contribution is 2.30. The second kappa shape index (κ2) is 7.60. The smallest absolute Gasteiger partial charge is 0.222 e. The van der Waals surface area contributed by atoms with Crippen LogP contribution in [0.2, 0.25) is 0 Å². The van der Waals surface area contributed by atoms with Gasteiger partial charge in [-0.05, 0) is 63.1 Å². The Morgan fingerprint density at radius 3 is 2.86 bits per heavy atom. The maximum absolute atomic E-state index is 12.6. The van der Waals surface area contributed by atoms with E-state index in [2.05, 4.69) is 34.2 Å². The Hall–Kier alpha value is -0.870. The van der Waals surface area contributed by atoms with E-state index < -0.39 is 0 Å². The minimum absolute atomic E-state index is 0.391. The molecule has 0 aromatic carbocycles. The largest absolute Gasteiger partial charge is 0.338 e. The van der Waals surface area contributed by atoms with Gasteiger partial charge in [0, 0.05) is 29.9 Å². The molecule has 3 rings (SSSR count). The average Bonchev–Trinajstić information content (AvgIpc) is 3.26. The first-order chi connectivity index (χ1) is 10.8. The Morgan fingerprint density at radius 1 is 1.27 bits per heavy atom. The molecular weight excluding hydrogens is 292 g/mol. The molecule has 0 radical (unpaired) electrons. The molecule has 0 unspecified atom stereocenters. The van der Waals surface area contributed by atoms with Crippen LogP contribution in [0, 0.1) is 0 Å². The number of thiophene rings is 1. The van der Waals surface area contributed by atoms with Gasteiger partial charge in [0.2, 0.25) is 5.91 Å². The van der Waals surface area contributed by atoms with Gasteiger partial charge in [-0.15, -0.1) is 11.3 Å². The molecule has 2 fully saturated rings. The van der Waals surface area contributed by atoms with Crippen LogP contribution in [-0.2, 0) is 11.2 Å². The summed E-state index contributed by atoms with van der Waals surface area (Å²) in [7, 11) is 0. The Morgan fingerprint density at radius 2 is 2.09 bits per heavy atom. The molecule has 1 aromatic rings. The van der Waals surface area contributed by atoms with Gasteiger partial charge in [0.15, 0.2) is 0 Å². The number of likely N-dealkylation sites (N-methyl/N-ethyl adjacent to an activating group) is 1. The number of hydrogen-bond acceptors (Lipinski definition) is 3. The van der Waals surface area contributed by atoms with Crippen molar-refractivity contribution in [1.82, 2.24) is 9.80 Å². The standard InChI is InChI=1S/C18H28N2OS/c1-2-19-12-4-9-16(19)17-10-5-13-20(17)18(21)11-3-7-15-8-6-14-22-15/h6,8,14,16-17H,2-5,7,9-13H2,1H3/t16-,17+/m1/s1. The molecule has 4 heteroatoms. The fourth-order valence-corrected chi connectivity index (χ4v) is 4.95. The van der Waals surface area contributed by atoms with Crippen LogP contribution in [0.1, 0.15) is 50.3 Å². The zero-order chi connectivity index (χ0) is 15.4. The van der Waals surface area contributed by atoms with Crippen LogP contribution in [0.3, 0.4) is 0 Å². The summed E-state index contributed by atoms with van der Waals surface area (Å²) in [5, 5.41) is 2.12. The molecule has 1 amide bonds. The minimum Gasteiger partial charge on any atom is -0.338 e. The molecule has 0 bridgehead atoms. The van der Waals surface area contributed by atoms with Gasteiger partial charge in [0.1, 0.15) is 0 Å². The Bertz CT molecular complexity index is 473. The minimum atomic E-state index is 0.391. The summed E-state index contributed by atoms with van der Waals surface area (Å²) in [5.41, 5.74) is 0. The van der Waals surface area contributed by atoms with Crippen molar-refractivity contribution < 1.29 is 4.79 Å². The Kier molecular flexibility index (Phi) is 5.53. The van der Waals surface area contributed by atoms with E-state index in [0.717, 1.165) is 25.9 Å². The molecule has 0 saturated carbocycles. The molecule has 2 saturated heterocycles. The predicted molar refractivity (Wildman–Crippen MR) is 92.3 cm³/mol. The molecule has 3 heterocycles. The Labute approximate surface area is 138 Å². The van der Waals surface area contributed by atoms with E-state index in [9.17, 15) is 4.79 Å². The maximum Gasteiger partial charge on any atom is 0.222 e. The first kappa shape index (κ1) is 16.0.